The lowest BCUT2D eigenvalue weighted by atomic mass is 10.1. The van der Waals surface area contributed by atoms with Crippen LogP contribution in [0.15, 0.2) is 18.2 Å². The SMILES string of the molecule is N#Cc1ccc(F)cc1CS(=O)(=O)CC1CCCC1. The number of nitriles is 1. The van der Waals surface area contributed by atoms with Crippen LogP contribution >= 0.6 is 0 Å². The molecule has 0 bridgehead atoms. The Labute approximate surface area is 113 Å². The fourth-order valence-electron chi connectivity index (χ4n) is 2.62. The highest BCUT2D eigenvalue weighted by Gasteiger charge is 2.23. The van der Waals surface area contributed by atoms with Crippen molar-refractivity contribution < 1.29 is 12.8 Å². The molecule has 0 amide bonds. The first-order chi connectivity index (χ1) is 9.00. The maximum Gasteiger partial charge on any atom is 0.154 e. The van der Waals surface area contributed by atoms with Gasteiger partial charge in [-0.2, -0.15) is 5.26 Å². The lowest BCUT2D eigenvalue weighted by Crippen LogP contribution is -2.16. The summed E-state index contributed by atoms with van der Waals surface area (Å²) >= 11 is 0. The molecule has 0 aromatic heterocycles. The average Bonchev–Trinajstić information content (AvgIpc) is 2.80. The van der Waals surface area contributed by atoms with Crippen LogP contribution in [0.2, 0.25) is 0 Å². The van der Waals surface area contributed by atoms with Gasteiger partial charge in [0.2, 0.25) is 0 Å². The summed E-state index contributed by atoms with van der Waals surface area (Å²) in [5, 5.41) is 8.92. The number of benzene rings is 1. The fraction of sp³-hybridized carbons (Fsp3) is 0.500. The maximum absolute atomic E-state index is 13.2. The van der Waals surface area contributed by atoms with E-state index < -0.39 is 15.7 Å². The summed E-state index contributed by atoms with van der Waals surface area (Å²) in [6.07, 6.45) is 4.08. The third kappa shape index (κ3) is 3.77. The van der Waals surface area contributed by atoms with Gasteiger partial charge in [0.05, 0.1) is 23.1 Å². The molecule has 0 saturated heterocycles. The molecule has 0 unspecified atom stereocenters. The van der Waals surface area contributed by atoms with E-state index >= 15 is 0 Å². The van der Waals surface area contributed by atoms with E-state index in [2.05, 4.69) is 0 Å². The summed E-state index contributed by atoms with van der Waals surface area (Å²) in [5.74, 6) is -0.382. The van der Waals surface area contributed by atoms with Gasteiger partial charge in [0.25, 0.3) is 0 Å². The van der Waals surface area contributed by atoms with E-state index in [-0.39, 0.29) is 28.6 Å². The Morgan fingerprint density at radius 3 is 2.63 bits per heavy atom. The number of halogens is 1. The molecule has 102 valence electrons. The van der Waals surface area contributed by atoms with E-state index in [9.17, 15) is 12.8 Å². The van der Waals surface area contributed by atoms with Crippen LogP contribution in [-0.2, 0) is 15.6 Å². The zero-order valence-electron chi connectivity index (χ0n) is 10.6. The zero-order chi connectivity index (χ0) is 13.9. The van der Waals surface area contributed by atoms with E-state index in [1.807, 2.05) is 6.07 Å². The van der Waals surface area contributed by atoms with Crippen LogP contribution in [0.5, 0.6) is 0 Å². The Bertz CT molecular complexity index is 598. The van der Waals surface area contributed by atoms with Crippen LogP contribution in [0, 0.1) is 23.1 Å². The van der Waals surface area contributed by atoms with E-state index in [0.717, 1.165) is 31.7 Å². The molecule has 0 aliphatic heterocycles. The van der Waals surface area contributed by atoms with Crippen molar-refractivity contribution >= 4 is 9.84 Å². The minimum Gasteiger partial charge on any atom is -0.228 e. The van der Waals surface area contributed by atoms with Gasteiger partial charge in [-0.15, -0.1) is 0 Å². The molecule has 19 heavy (non-hydrogen) atoms. The number of rotatable bonds is 4. The van der Waals surface area contributed by atoms with Crippen LogP contribution < -0.4 is 0 Å². The molecule has 2 rings (SSSR count). The molecular weight excluding hydrogens is 265 g/mol. The topological polar surface area (TPSA) is 57.9 Å². The molecule has 1 aromatic carbocycles. The molecule has 5 heteroatoms. The van der Waals surface area contributed by atoms with Gasteiger partial charge < -0.3 is 0 Å². The number of sulfone groups is 1. The fourth-order valence-corrected chi connectivity index (χ4v) is 4.50. The highest BCUT2D eigenvalue weighted by Crippen LogP contribution is 2.27. The summed E-state index contributed by atoms with van der Waals surface area (Å²) in [6, 6.07) is 5.55. The Hall–Kier alpha value is -1.41. The van der Waals surface area contributed by atoms with Gasteiger partial charge in [0, 0.05) is 0 Å². The highest BCUT2D eigenvalue weighted by atomic mass is 32.2. The van der Waals surface area contributed by atoms with Crippen molar-refractivity contribution in [3.63, 3.8) is 0 Å². The first-order valence-corrected chi connectivity index (χ1v) is 8.21. The molecule has 0 N–H and O–H groups in total. The minimum absolute atomic E-state index is 0.147. The van der Waals surface area contributed by atoms with Gasteiger partial charge in [-0.25, -0.2) is 12.8 Å². The molecule has 1 aliphatic carbocycles. The van der Waals surface area contributed by atoms with Crippen molar-refractivity contribution in [1.29, 1.82) is 5.26 Å². The second kappa shape index (κ2) is 5.70. The molecule has 1 fully saturated rings. The molecule has 1 aliphatic rings. The van der Waals surface area contributed by atoms with Crippen molar-refractivity contribution in [1.82, 2.24) is 0 Å². The summed E-state index contributed by atoms with van der Waals surface area (Å²) in [7, 11) is -3.29. The minimum atomic E-state index is -3.29. The van der Waals surface area contributed by atoms with Gasteiger partial charge in [-0.05, 0) is 42.5 Å². The van der Waals surface area contributed by atoms with Crippen molar-refractivity contribution in [3.05, 3.63) is 35.1 Å². The molecule has 1 aromatic rings. The number of hydrogen-bond acceptors (Lipinski definition) is 3. The third-order valence-corrected chi connectivity index (χ3v) is 5.26. The van der Waals surface area contributed by atoms with Gasteiger partial charge in [0.15, 0.2) is 9.84 Å². The molecule has 0 atom stereocenters. The quantitative estimate of drug-likeness (QED) is 0.852. The van der Waals surface area contributed by atoms with Crippen LogP contribution in [-0.4, -0.2) is 14.2 Å². The monoisotopic (exact) mass is 281 g/mol. The lowest BCUT2D eigenvalue weighted by Gasteiger charge is -2.10. The highest BCUT2D eigenvalue weighted by molar-refractivity contribution is 7.90. The predicted molar refractivity (Wildman–Crippen MR) is 70.6 cm³/mol. The van der Waals surface area contributed by atoms with E-state index in [4.69, 9.17) is 5.26 Å². The average molecular weight is 281 g/mol. The van der Waals surface area contributed by atoms with Crippen LogP contribution in [0.3, 0.4) is 0 Å². The second-order valence-electron chi connectivity index (χ2n) is 5.12. The molecule has 1 saturated carbocycles. The van der Waals surface area contributed by atoms with Crippen molar-refractivity contribution in [2.75, 3.05) is 5.75 Å². The Kier molecular flexibility index (Phi) is 4.20. The largest absolute Gasteiger partial charge is 0.228 e. The number of hydrogen-bond donors (Lipinski definition) is 0. The zero-order valence-corrected chi connectivity index (χ0v) is 11.4. The Morgan fingerprint density at radius 1 is 1.32 bits per heavy atom. The van der Waals surface area contributed by atoms with Crippen molar-refractivity contribution in [3.8, 4) is 6.07 Å². The van der Waals surface area contributed by atoms with Crippen LogP contribution in [0.1, 0.15) is 36.8 Å². The molecule has 0 radical (unpaired) electrons. The predicted octanol–water partition coefficient (Wildman–Crippen LogP) is 2.80. The standard InChI is InChI=1S/C14H16FNO2S/c15-14-6-5-12(8-16)13(7-14)10-19(17,18)9-11-3-1-2-4-11/h5-7,11H,1-4,9-10H2. The van der Waals surface area contributed by atoms with Crippen LogP contribution in [0.4, 0.5) is 4.39 Å². The number of nitrogens with zero attached hydrogens (tertiary/aromatic N) is 1. The summed E-state index contributed by atoms with van der Waals surface area (Å²) in [4.78, 5) is 0. The van der Waals surface area contributed by atoms with Gasteiger partial charge in [-0.3, -0.25) is 0 Å². The molecule has 3 nitrogen and oxygen atoms in total. The maximum atomic E-state index is 13.2. The van der Waals surface area contributed by atoms with Crippen molar-refractivity contribution in [2.24, 2.45) is 5.92 Å². The summed E-state index contributed by atoms with van der Waals surface area (Å²) < 4.78 is 37.4. The van der Waals surface area contributed by atoms with Gasteiger partial charge in [-0.1, -0.05) is 12.8 Å². The molecule has 0 heterocycles. The van der Waals surface area contributed by atoms with E-state index in [1.54, 1.807) is 0 Å². The Balaban J connectivity index is 2.15. The Morgan fingerprint density at radius 2 is 2.00 bits per heavy atom. The summed E-state index contributed by atoms with van der Waals surface area (Å²) in [6.45, 7) is 0. The second-order valence-corrected chi connectivity index (χ2v) is 7.23. The van der Waals surface area contributed by atoms with Crippen LogP contribution in [0.25, 0.3) is 0 Å². The van der Waals surface area contributed by atoms with Gasteiger partial charge >= 0.3 is 0 Å². The van der Waals surface area contributed by atoms with E-state index in [1.165, 1.54) is 12.1 Å². The lowest BCUT2D eigenvalue weighted by molar-refractivity contribution is 0.558. The van der Waals surface area contributed by atoms with Crippen molar-refractivity contribution in [2.45, 2.75) is 31.4 Å². The van der Waals surface area contributed by atoms with E-state index in [0.29, 0.717) is 0 Å². The first-order valence-electron chi connectivity index (χ1n) is 6.39. The summed E-state index contributed by atoms with van der Waals surface area (Å²) in [5.41, 5.74) is 0.497. The molecular formula is C14H16FNO2S. The smallest absolute Gasteiger partial charge is 0.154 e. The molecule has 0 spiro atoms. The third-order valence-electron chi connectivity index (χ3n) is 3.53. The van der Waals surface area contributed by atoms with Gasteiger partial charge in [0.1, 0.15) is 5.82 Å². The first kappa shape index (κ1) is 14.0. The normalized spacial score (nSPS) is 16.4.